The van der Waals surface area contributed by atoms with Crippen molar-refractivity contribution in [3.05, 3.63) is 22.4 Å². The third kappa shape index (κ3) is 30.6. The smallest absolute Gasteiger partial charge is 0.316 e. The second-order valence-electron chi connectivity index (χ2n) is 7.34. The summed E-state index contributed by atoms with van der Waals surface area (Å²) in [5.74, 6) is -3.36. The number of carbonyl (C=O) groups is 4. The number of aliphatic carboxylic acids is 4. The average molecular weight is 609 g/mol. The first kappa shape index (κ1) is 42.6. The van der Waals surface area contributed by atoms with E-state index in [4.69, 9.17) is 35.7 Å². The molecule has 15 heteroatoms. The molecule has 0 aromatic carbocycles. The number of rotatable bonds is 10. The van der Waals surface area contributed by atoms with Gasteiger partial charge in [-0.2, -0.15) is 37.9 Å². The molecular formula is C22H40O11S4. The minimum absolute atomic E-state index is 0.156. The van der Waals surface area contributed by atoms with Crippen molar-refractivity contribution in [2.45, 2.75) is 62.7 Å². The number of thiol groups is 3. The van der Waals surface area contributed by atoms with Gasteiger partial charge in [0.25, 0.3) is 0 Å². The lowest BCUT2D eigenvalue weighted by molar-refractivity contribution is -0.137. The maximum absolute atomic E-state index is 10.1. The van der Waals surface area contributed by atoms with Gasteiger partial charge in [-0.05, 0) is 45.1 Å². The minimum atomic E-state index is -0.877. The molecule has 1 aromatic heterocycles. The second-order valence-corrected chi connectivity index (χ2v) is 10.7. The zero-order chi connectivity index (χ0) is 30.2. The largest absolute Gasteiger partial charge is 0.481 e. The fraction of sp³-hybridized carbons (Fsp3) is 0.636. The first-order valence-electron chi connectivity index (χ1n) is 10.8. The summed E-state index contributed by atoms with van der Waals surface area (Å²) in [6, 6.07) is 3.88. The molecule has 1 rings (SSSR count). The van der Waals surface area contributed by atoms with Gasteiger partial charge in [0.2, 0.25) is 0 Å². The zero-order valence-corrected chi connectivity index (χ0v) is 24.7. The first-order valence-corrected chi connectivity index (χ1v) is 13.2. The number of hydrogen-bond donors (Lipinski definition) is 10. The molecule has 3 atom stereocenters. The van der Waals surface area contributed by atoms with Gasteiger partial charge in [-0.15, -0.1) is 11.3 Å². The highest BCUT2D eigenvalue weighted by molar-refractivity contribution is 7.82. The van der Waals surface area contributed by atoms with Crippen LogP contribution in [0.5, 0.6) is 0 Å². The zero-order valence-electron chi connectivity index (χ0n) is 21.2. The summed E-state index contributed by atoms with van der Waals surface area (Å²) in [5, 5.41) is 58.4. The van der Waals surface area contributed by atoms with Crippen molar-refractivity contribution in [2.75, 3.05) is 19.8 Å². The van der Waals surface area contributed by atoms with E-state index in [0.29, 0.717) is 12.8 Å². The number of thiophene rings is 1. The van der Waals surface area contributed by atoms with Gasteiger partial charge in [-0.25, -0.2) is 0 Å². The SMILES string of the molecule is CC(S)C(=O)O.CC(S)C(=O)O.CC(S)C(=O)O.CCC(CO)(CO)CO.O=C(O)CCc1cccs1. The van der Waals surface area contributed by atoms with E-state index in [9.17, 15) is 19.2 Å². The molecule has 0 saturated carbocycles. The van der Waals surface area contributed by atoms with Gasteiger partial charge < -0.3 is 35.7 Å². The summed E-state index contributed by atoms with van der Waals surface area (Å²) >= 11 is 12.4. The lowest BCUT2D eigenvalue weighted by Gasteiger charge is -2.24. The van der Waals surface area contributed by atoms with E-state index >= 15 is 0 Å². The maximum atomic E-state index is 10.1. The van der Waals surface area contributed by atoms with E-state index in [1.165, 1.54) is 20.8 Å². The number of hydrogen-bond acceptors (Lipinski definition) is 11. The van der Waals surface area contributed by atoms with Crippen molar-refractivity contribution in [1.82, 2.24) is 0 Å². The van der Waals surface area contributed by atoms with Crippen molar-refractivity contribution in [3.8, 4) is 0 Å². The molecule has 0 aliphatic heterocycles. The van der Waals surface area contributed by atoms with Crippen LogP contribution in [0.2, 0.25) is 0 Å². The summed E-state index contributed by atoms with van der Waals surface area (Å²) < 4.78 is 0. The van der Waals surface area contributed by atoms with E-state index in [0.717, 1.165) is 4.88 Å². The molecule has 3 unspecified atom stereocenters. The summed E-state index contributed by atoms with van der Waals surface area (Å²) in [7, 11) is 0. The Balaban J connectivity index is -0.000000188. The monoisotopic (exact) mass is 608 g/mol. The molecule has 0 bridgehead atoms. The number of carboxylic acid groups (broad SMARTS) is 4. The van der Waals surface area contributed by atoms with Crippen molar-refractivity contribution in [2.24, 2.45) is 5.41 Å². The second kappa shape index (κ2) is 26.1. The van der Waals surface area contributed by atoms with Gasteiger partial charge in [0.1, 0.15) is 0 Å². The molecule has 218 valence electrons. The van der Waals surface area contributed by atoms with Crippen LogP contribution < -0.4 is 0 Å². The molecule has 0 amide bonds. The van der Waals surface area contributed by atoms with Gasteiger partial charge >= 0.3 is 23.9 Å². The molecule has 1 heterocycles. The van der Waals surface area contributed by atoms with Crippen LogP contribution in [0.3, 0.4) is 0 Å². The number of aliphatic hydroxyl groups is 3. The van der Waals surface area contributed by atoms with E-state index in [2.05, 4.69) is 37.9 Å². The van der Waals surface area contributed by atoms with Crippen LogP contribution in [0.4, 0.5) is 0 Å². The Morgan fingerprint density at radius 2 is 1.14 bits per heavy atom. The topological polar surface area (TPSA) is 210 Å². The highest BCUT2D eigenvalue weighted by Crippen LogP contribution is 2.18. The predicted octanol–water partition coefficient (Wildman–Crippen LogP) is 2.29. The Morgan fingerprint density at radius 1 is 0.811 bits per heavy atom. The molecule has 7 N–H and O–H groups in total. The van der Waals surface area contributed by atoms with Crippen LogP contribution in [-0.4, -0.2) is 95.2 Å². The van der Waals surface area contributed by atoms with Gasteiger partial charge in [0.05, 0.1) is 42.0 Å². The fourth-order valence-corrected chi connectivity index (χ4v) is 1.88. The van der Waals surface area contributed by atoms with Gasteiger partial charge in [-0.3, -0.25) is 19.2 Å². The molecule has 37 heavy (non-hydrogen) atoms. The van der Waals surface area contributed by atoms with Crippen molar-refractivity contribution >= 4 is 73.1 Å². The molecule has 11 nitrogen and oxygen atoms in total. The van der Waals surface area contributed by atoms with Gasteiger partial charge in [-0.1, -0.05) is 13.0 Å². The van der Waals surface area contributed by atoms with Crippen LogP contribution in [0.15, 0.2) is 17.5 Å². The Kier molecular flexibility index (Phi) is 30.1. The van der Waals surface area contributed by atoms with Crippen LogP contribution in [0.25, 0.3) is 0 Å². The van der Waals surface area contributed by atoms with Crippen molar-refractivity contribution < 1.29 is 54.9 Å². The molecule has 0 aliphatic rings. The number of aliphatic hydroxyl groups excluding tert-OH is 3. The Labute approximate surface area is 237 Å². The number of aryl methyl sites for hydroxylation is 1. The van der Waals surface area contributed by atoms with Crippen molar-refractivity contribution in [1.29, 1.82) is 0 Å². The highest BCUT2D eigenvalue weighted by atomic mass is 32.1. The Bertz CT molecular complexity index is 660. The first-order chi connectivity index (χ1) is 17.0. The Hall–Kier alpha value is -1.49. The fourth-order valence-electron chi connectivity index (χ4n) is 1.17. The van der Waals surface area contributed by atoms with E-state index < -0.39 is 45.0 Å². The minimum Gasteiger partial charge on any atom is -0.481 e. The van der Waals surface area contributed by atoms with Crippen LogP contribution in [0, 0.1) is 5.41 Å². The van der Waals surface area contributed by atoms with E-state index in [-0.39, 0.29) is 26.2 Å². The summed E-state index contributed by atoms with van der Waals surface area (Å²) in [4.78, 5) is 40.1. The Morgan fingerprint density at radius 3 is 1.27 bits per heavy atom. The average Bonchev–Trinajstić information content (AvgIpc) is 3.35. The number of carboxylic acids is 4. The van der Waals surface area contributed by atoms with Gasteiger partial charge in [0.15, 0.2) is 0 Å². The molecule has 0 aliphatic carbocycles. The third-order valence-corrected chi connectivity index (χ3v) is 5.59. The normalized spacial score (nSPS) is 12.2. The highest BCUT2D eigenvalue weighted by Gasteiger charge is 2.24. The summed E-state index contributed by atoms with van der Waals surface area (Å²) in [6.07, 6.45) is 1.49. The van der Waals surface area contributed by atoms with E-state index in [1.807, 2.05) is 24.4 Å². The quantitative estimate of drug-likeness (QED) is 0.174. The molecule has 0 fully saturated rings. The lowest BCUT2D eigenvalue weighted by atomic mass is 9.88. The van der Waals surface area contributed by atoms with Crippen LogP contribution in [0.1, 0.15) is 45.4 Å². The maximum Gasteiger partial charge on any atom is 0.316 e. The van der Waals surface area contributed by atoms with Gasteiger partial charge in [0, 0.05) is 10.3 Å². The molecule has 0 radical (unpaired) electrons. The van der Waals surface area contributed by atoms with Crippen molar-refractivity contribution in [3.63, 3.8) is 0 Å². The standard InChI is InChI=1S/C7H8O2S.C6H14O3.3C3H6O2S/c8-7(9)4-3-6-2-1-5-10-6;1-2-6(3-7,4-8)5-9;3*1-2(6)3(4)5/h1-2,5H,3-4H2,(H,8,9);7-9H,2-5H2,1H3;3*2,6H,1H3,(H,4,5). The molecular weight excluding hydrogens is 568 g/mol. The van der Waals surface area contributed by atoms with Crippen LogP contribution in [-0.2, 0) is 25.6 Å². The molecule has 0 spiro atoms. The molecule has 1 aromatic rings. The summed E-state index contributed by atoms with van der Waals surface area (Å²) in [5.41, 5.74) is -0.667. The van der Waals surface area contributed by atoms with E-state index in [1.54, 1.807) is 11.3 Å². The summed E-state index contributed by atoms with van der Waals surface area (Å²) in [6.45, 7) is 5.87. The molecule has 0 saturated heterocycles. The van der Waals surface area contributed by atoms with Crippen LogP contribution >= 0.6 is 49.2 Å². The third-order valence-electron chi connectivity index (χ3n) is 3.99. The predicted molar refractivity (Wildman–Crippen MR) is 153 cm³/mol. The lowest BCUT2D eigenvalue weighted by Crippen LogP contribution is -2.32.